The van der Waals surface area contributed by atoms with E-state index in [9.17, 15) is 9.90 Å². The average Bonchev–Trinajstić information content (AvgIpc) is 3.53. The van der Waals surface area contributed by atoms with Gasteiger partial charge in [0.2, 0.25) is 12.5 Å². The minimum absolute atomic E-state index is 0.0432. The Bertz CT molecular complexity index is 1270. The maximum atomic E-state index is 14.2. The summed E-state index contributed by atoms with van der Waals surface area (Å²) in [5.41, 5.74) is 5.03. The normalized spacial score (nSPS) is 38.6. The average molecular weight is 534 g/mol. The van der Waals surface area contributed by atoms with Crippen molar-refractivity contribution in [3.63, 3.8) is 0 Å². The Balaban J connectivity index is 1.15. The van der Waals surface area contributed by atoms with E-state index in [1.54, 1.807) is 7.11 Å². The number of allylic oxidation sites excluding steroid dienone is 3. The first kappa shape index (κ1) is 25.6. The lowest BCUT2D eigenvalue weighted by atomic mass is 9.47. The molecule has 6 nitrogen and oxygen atoms in total. The summed E-state index contributed by atoms with van der Waals surface area (Å²) in [5, 5.41) is 10.3. The SMILES string of the molecule is COc1c2c(cc3c1[C@@H](CC(=O)C1=CC[C@@H]4[C@@H]5CC=C6C[C@@H](O)CC[C@]6(C)[C@H]5CC[C@@]14C)N(C)CC3)OCO2. The third-order valence-corrected chi connectivity index (χ3v) is 11.9. The molecule has 1 aromatic carbocycles. The van der Waals surface area contributed by atoms with Crippen LogP contribution >= 0.6 is 0 Å². The van der Waals surface area contributed by atoms with Crippen LogP contribution in [0.25, 0.3) is 0 Å². The van der Waals surface area contributed by atoms with E-state index in [0.717, 1.165) is 74.1 Å². The summed E-state index contributed by atoms with van der Waals surface area (Å²) < 4.78 is 17.4. The minimum atomic E-state index is -0.172. The minimum Gasteiger partial charge on any atom is -0.492 e. The van der Waals surface area contributed by atoms with Gasteiger partial charge < -0.3 is 19.3 Å². The smallest absolute Gasteiger partial charge is 0.231 e. The van der Waals surface area contributed by atoms with E-state index in [4.69, 9.17) is 14.2 Å². The maximum absolute atomic E-state index is 14.2. The zero-order chi connectivity index (χ0) is 27.1. The van der Waals surface area contributed by atoms with Crippen LogP contribution in [-0.4, -0.2) is 49.4 Å². The highest BCUT2D eigenvalue weighted by Crippen LogP contribution is 2.65. The number of hydrogen-bond acceptors (Lipinski definition) is 6. The predicted octanol–water partition coefficient (Wildman–Crippen LogP) is 5.77. The fourth-order valence-electron chi connectivity index (χ4n) is 9.71. The highest BCUT2D eigenvalue weighted by molar-refractivity contribution is 5.98. The van der Waals surface area contributed by atoms with Crippen molar-refractivity contribution in [3.05, 3.63) is 40.5 Å². The molecule has 2 heterocycles. The highest BCUT2D eigenvalue weighted by atomic mass is 16.7. The number of carbonyl (C=O) groups excluding carboxylic acids is 1. The molecule has 7 rings (SSSR count). The van der Waals surface area contributed by atoms with Crippen LogP contribution < -0.4 is 14.2 Å². The summed E-state index contributed by atoms with van der Waals surface area (Å²) in [6.45, 7) is 5.96. The maximum Gasteiger partial charge on any atom is 0.231 e. The van der Waals surface area contributed by atoms with Crippen LogP contribution in [0.3, 0.4) is 0 Å². The van der Waals surface area contributed by atoms with E-state index in [1.807, 2.05) is 0 Å². The van der Waals surface area contributed by atoms with Crippen molar-refractivity contribution in [2.45, 2.75) is 83.8 Å². The van der Waals surface area contributed by atoms with E-state index in [1.165, 1.54) is 17.6 Å². The molecule has 39 heavy (non-hydrogen) atoms. The third-order valence-electron chi connectivity index (χ3n) is 11.9. The number of likely N-dealkylation sites (N-methyl/N-ethyl adjacent to an activating group) is 1. The lowest BCUT2D eigenvalue weighted by molar-refractivity contribution is -0.119. The van der Waals surface area contributed by atoms with Crippen molar-refractivity contribution in [1.82, 2.24) is 4.90 Å². The summed E-state index contributed by atoms with van der Waals surface area (Å²) >= 11 is 0. The van der Waals surface area contributed by atoms with Crippen molar-refractivity contribution >= 4 is 5.78 Å². The fourth-order valence-corrected chi connectivity index (χ4v) is 9.71. The number of Topliss-reactive ketones (excluding diaryl/α,β-unsaturated/α-hetero) is 1. The molecule has 6 heteroatoms. The second-order valence-corrected chi connectivity index (χ2v) is 13.6. The van der Waals surface area contributed by atoms with E-state index < -0.39 is 0 Å². The van der Waals surface area contributed by atoms with Crippen LogP contribution in [0.4, 0.5) is 0 Å². The number of carbonyl (C=O) groups is 1. The quantitative estimate of drug-likeness (QED) is 0.496. The zero-order valence-electron chi connectivity index (χ0n) is 23.9. The van der Waals surface area contributed by atoms with Gasteiger partial charge in [-0.2, -0.15) is 0 Å². The number of rotatable bonds is 4. The number of fused-ring (bicyclic) bond motifs is 7. The van der Waals surface area contributed by atoms with Crippen molar-refractivity contribution in [2.75, 3.05) is 27.5 Å². The van der Waals surface area contributed by atoms with Gasteiger partial charge in [0.1, 0.15) is 0 Å². The molecule has 0 bridgehead atoms. The number of nitrogens with zero attached hydrogens (tertiary/aromatic N) is 1. The molecular formula is C33H43NO5. The molecular weight excluding hydrogens is 490 g/mol. The summed E-state index contributed by atoms with van der Waals surface area (Å²) in [6.07, 6.45) is 13.2. The summed E-state index contributed by atoms with van der Waals surface area (Å²) in [5.74, 6) is 4.24. The number of methoxy groups -OCH3 is 1. The second-order valence-electron chi connectivity index (χ2n) is 13.6. The molecule has 0 aromatic heterocycles. The molecule has 0 radical (unpaired) electrons. The van der Waals surface area contributed by atoms with Gasteiger partial charge in [-0.3, -0.25) is 9.69 Å². The monoisotopic (exact) mass is 533 g/mol. The van der Waals surface area contributed by atoms with Gasteiger partial charge in [0.25, 0.3) is 0 Å². The first-order chi connectivity index (χ1) is 18.7. The number of aliphatic hydroxyl groups excluding tert-OH is 1. The first-order valence-corrected chi connectivity index (χ1v) is 15.1. The molecule has 7 atom stereocenters. The molecule has 2 fully saturated rings. The van der Waals surface area contributed by atoms with Crippen LogP contribution in [0.2, 0.25) is 0 Å². The third kappa shape index (κ3) is 3.70. The Morgan fingerprint density at radius 2 is 1.95 bits per heavy atom. The molecule has 6 aliphatic rings. The van der Waals surface area contributed by atoms with Gasteiger partial charge in [-0.05, 0) is 104 Å². The summed E-state index contributed by atoms with van der Waals surface area (Å²) in [6, 6.07) is 2.05. The number of ketones is 1. The van der Waals surface area contributed by atoms with Gasteiger partial charge in [-0.25, -0.2) is 0 Å². The molecule has 0 spiro atoms. The summed E-state index contributed by atoms with van der Waals surface area (Å²) in [4.78, 5) is 16.5. The lowest BCUT2D eigenvalue weighted by Crippen LogP contribution is -2.50. The highest BCUT2D eigenvalue weighted by Gasteiger charge is 2.57. The molecule has 0 saturated heterocycles. The molecule has 4 aliphatic carbocycles. The summed E-state index contributed by atoms with van der Waals surface area (Å²) in [7, 11) is 3.81. The molecule has 1 N–H and O–H groups in total. The zero-order valence-corrected chi connectivity index (χ0v) is 23.9. The van der Waals surface area contributed by atoms with Gasteiger partial charge in [-0.1, -0.05) is 31.6 Å². The Kier molecular flexibility index (Phi) is 5.99. The van der Waals surface area contributed by atoms with E-state index in [0.29, 0.717) is 35.7 Å². The predicted molar refractivity (Wildman–Crippen MR) is 149 cm³/mol. The van der Waals surface area contributed by atoms with Crippen LogP contribution in [0.1, 0.15) is 82.4 Å². The van der Waals surface area contributed by atoms with Gasteiger partial charge in [0.15, 0.2) is 17.3 Å². The van der Waals surface area contributed by atoms with Gasteiger partial charge in [0.05, 0.1) is 13.2 Å². The van der Waals surface area contributed by atoms with E-state index >= 15 is 0 Å². The number of hydrogen-bond donors (Lipinski definition) is 1. The van der Waals surface area contributed by atoms with Crippen molar-refractivity contribution in [2.24, 2.45) is 28.6 Å². The van der Waals surface area contributed by atoms with Crippen LogP contribution in [0.15, 0.2) is 29.4 Å². The standard InChI is InChI=1S/C33H43NO5/c1-32-12-9-21(35)16-20(32)5-6-22-23-7-8-25(33(23,2)13-10-24(22)32)27(36)17-26-29-19(11-14-34(26)3)15-28-30(31(29)37-4)39-18-38-28/h5,8,15,21-24,26,35H,6-7,9-14,16-18H2,1-4H3/t21-,22-,23+,24-,26+,32-,33+/m0/s1. The Morgan fingerprint density at radius 1 is 1.13 bits per heavy atom. The molecule has 2 saturated carbocycles. The van der Waals surface area contributed by atoms with Crippen molar-refractivity contribution < 1.29 is 24.1 Å². The Morgan fingerprint density at radius 3 is 2.77 bits per heavy atom. The molecule has 210 valence electrons. The van der Waals surface area contributed by atoms with Crippen molar-refractivity contribution in [1.29, 1.82) is 0 Å². The number of benzene rings is 1. The Hall–Kier alpha value is -2.31. The fraction of sp³-hybridized carbons (Fsp3) is 0.667. The first-order valence-electron chi connectivity index (χ1n) is 15.1. The van der Waals surface area contributed by atoms with E-state index in [-0.39, 0.29) is 29.8 Å². The molecule has 0 unspecified atom stereocenters. The number of aliphatic hydroxyl groups is 1. The van der Waals surface area contributed by atoms with Crippen LogP contribution in [-0.2, 0) is 11.2 Å². The van der Waals surface area contributed by atoms with Gasteiger partial charge in [0, 0.05) is 24.6 Å². The van der Waals surface area contributed by atoms with Crippen molar-refractivity contribution in [3.8, 4) is 17.2 Å². The molecule has 2 aliphatic heterocycles. The van der Waals surface area contributed by atoms with Gasteiger partial charge >= 0.3 is 0 Å². The largest absolute Gasteiger partial charge is 0.492 e. The topological polar surface area (TPSA) is 68.2 Å². The number of ether oxygens (including phenoxy) is 3. The van der Waals surface area contributed by atoms with Gasteiger partial charge in [-0.15, -0.1) is 0 Å². The molecule has 1 aromatic rings. The lowest BCUT2D eigenvalue weighted by Gasteiger charge is -2.57. The van der Waals surface area contributed by atoms with E-state index in [2.05, 4.69) is 44.0 Å². The molecule has 0 amide bonds. The van der Waals surface area contributed by atoms with Crippen LogP contribution in [0, 0.1) is 28.6 Å². The Labute approximate surface area is 232 Å². The second kappa shape index (κ2) is 9.10. The van der Waals surface area contributed by atoms with Crippen LogP contribution in [0.5, 0.6) is 17.2 Å².